The molecule has 0 fully saturated rings. The van der Waals surface area contributed by atoms with Crippen LogP contribution in [-0.2, 0) is 16.2 Å². The number of rotatable bonds is 14. The van der Waals surface area contributed by atoms with Crippen LogP contribution in [0.3, 0.4) is 0 Å². The quantitative estimate of drug-likeness (QED) is 0.164. The van der Waals surface area contributed by atoms with Crippen LogP contribution >= 0.6 is 0 Å². The molecule has 0 saturated heterocycles. The van der Waals surface area contributed by atoms with E-state index >= 15 is 0 Å². The second-order valence-corrected chi connectivity index (χ2v) is 7.46. The summed E-state index contributed by atoms with van der Waals surface area (Å²) in [6, 6.07) is 11.9. The summed E-state index contributed by atoms with van der Waals surface area (Å²) in [5, 5.41) is 3.82. The molecule has 0 heterocycles. The molecular formula is C26H35NO5. The van der Waals surface area contributed by atoms with E-state index in [0.717, 1.165) is 46.1 Å². The average molecular weight is 442 g/mol. The number of allylic oxidation sites excluding steroid dienone is 1. The van der Waals surface area contributed by atoms with E-state index < -0.39 is 0 Å². The van der Waals surface area contributed by atoms with Crippen LogP contribution in [0.5, 0.6) is 17.2 Å². The number of aryl methyl sites for hydroxylation is 2. The number of hydrogen-bond acceptors (Lipinski definition) is 6. The Hall–Kier alpha value is -2.99. The Morgan fingerprint density at radius 2 is 1.66 bits per heavy atom. The third-order valence-corrected chi connectivity index (χ3v) is 4.58. The molecule has 32 heavy (non-hydrogen) atoms. The molecule has 0 saturated carbocycles. The SMILES string of the molecule is C/C=C/COc1cc(C)c(OCCCOCc2ccc(OC/C(C)=N/OC)cc2)c(C)c1. The van der Waals surface area contributed by atoms with Crippen molar-refractivity contribution >= 4 is 5.71 Å². The van der Waals surface area contributed by atoms with Crippen molar-refractivity contribution < 1.29 is 23.8 Å². The molecular weight excluding hydrogens is 406 g/mol. The van der Waals surface area contributed by atoms with Gasteiger partial charge in [0.1, 0.15) is 37.6 Å². The van der Waals surface area contributed by atoms with Crippen molar-refractivity contribution in [3.63, 3.8) is 0 Å². The molecule has 174 valence electrons. The summed E-state index contributed by atoms with van der Waals surface area (Å²) in [4.78, 5) is 4.72. The highest BCUT2D eigenvalue weighted by Gasteiger charge is 2.07. The van der Waals surface area contributed by atoms with Gasteiger partial charge in [0.25, 0.3) is 0 Å². The van der Waals surface area contributed by atoms with Crippen molar-refractivity contribution in [2.75, 3.05) is 33.5 Å². The van der Waals surface area contributed by atoms with Crippen LogP contribution in [0, 0.1) is 13.8 Å². The lowest BCUT2D eigenvalue weighted by atomic mass is 10.1. The van der Waals surface area contributed by atoms with Crippen molar-refractivity contribution in [2.45, 2.75) is 40.7 Å². The zero-order valence-corrected chi connectivity index (χ0v) is 19.8. The predicted octanol–water partition coefficient (Wildman–Crippen LogP) is 5.65. The van der Waals surface area contributed by atoms with E-state index in [4.69, 9.17) is 23.8 Å². The van der Waals surface area contributed by atoms with E-state index in [9.17, 15) is 0 Å². The van der Waals surface area contributed by atoms with Crippen LogP contribution in [-0.4, -0.2) is 39.2 Å². The first-order chi connectivity index (χ1) is 15.5. The van der Waals surface area contributed by atoms with Gasteiger partial charge in [-0.15, -0.1) is 0 Å². The lowest BCUT2D eigenvalue weighted by molar-refractivity contribution is 0.107. The molecule has 0 unspecified atom stereocenters. The summed E-state index contributed by atoms with van der Waals surface area (Å²) in [6.45, 7) is 10.7. The van der Waals surface area contributed by atoms with E-state index in [1.165, 1.54) is 7.11 Å². The van der Waals surface area contributed by atoms with E-state index in [1.807, 2.05) is 76.2 Å². The molecule has 0 aliphatic carbocycles. The molecule has 2 aromatic carbocycles. The highest BCUT2D eigenvalue weighted by atomic mass is 16.6. The summed E-state index contributed by atoms with van der Waals surface area (Å²) in [5.74, 6) is 2.57. The number of ether oxygens (including phenoxy) is 4. The van der Waals surface area contributed by atoms with Gasteiger partial charge in [-0.2, -0.15) is 0 Å². The minimum atomic E-state index is 0.397. The van der Waals surface area contributed by atoms with Crippen molar-refractivity contribution in [2.24, 2.45) is 5.16 Å². The molecule has 2 aromatic rings. The van der Waals surface area contributed by atoms with Gasteiger partial charge in [0, 0.05) is 6.42 Å². The van der Waals surface area contributed by atoms with E-state index in [2.05, 4.69) is 5.16 Å². The molecule has 0 aliphatic rings. The third kappa shape index (κ3) is 9.02. The zero-order chi connectivity index (χ0) is 23.2. The van der Waals surface area contributed by atoms with Crippen LogP contribution in [0.15, 0.2) is 53.7 Å². The first-order valence-electron chi connectivity index (χ1n) is 10.9. The van der Waals surface area contributed by atoms with Gasteiger partial charge < -0.3 is 23.8 Å². The van der Waals surface area contributed by atoms with Crippen LogP contribution in [0.1, 0.15) is 37.0 Å². The van der Waals surface area contributed by atoms with Gasteiger partial charge in [-0.3, -0.25) is 0 Å². The molecule has 0 spiro atoms. The van der Waals surface area contributed by atoms with Gasteiger partial charge in [-0.25, -0.2) is 0 Å². The second-order valence-electron chi connectivity index (χ2n) is 7.46. The Balaban J connectivity index is 1.67. The fourth-order valence-corrected chi connectivity index (χ4v) is 3.04. The molecule has 0 aliphatic heterocycles. The normalized spacial score (nSPS) is 11.6. The lowest BCUT2D eigenvalue weighted by Gasteiger charge is -2.14. The number of hydrogen-bond donors (Lipinski definition) is 0. The van der Waals surface area contributed by atoms with E-state index in [-0.39, 0.29) is 0 Å². The van der Waals surface area contributed by atoms with Gasteiger partial charge in [0.15, 0.2) is 0 Å². The molecule has 0 amide bonds. The Labute approximate surface area is 191 Å². The van der Waals surface area contributed by atoms with Crippen LogP contribution < -0.4 is 14.2 Å². The fourth-order valence-electron chi connectivity index (χ4n) is 3.04. The van der Waals surface area contributed by atoms with Crippen LogP contribution in [0.25, 0.3) is 0 Å². The molecule has 0 atom stereocenters. The van der Waals surface area contributed by atoms with Crippen molar-refractivity contribution in [3.8, 4) is 17.2 Å². The van der Waals surface area contributed by atoms with Crippen molar-refractivity contribution in [1.82, 2.24) is 0 Å². The molecule has 6 heteroatoms. The number of benzene rings is 2. The Bertz CT molecular complexity index is 851. The second kappa shape index (κ2) is 14.1. The van der Waals surface area contributed by atoms with Crippen molar-refractivity contribution in [3.05, 3.63) is 65.2 Å². The molecule has 2 rings (SSSR count). The van der Waals surface area contributed by atoms with Gasteiger partial charge in [-0.05, 0) is 68.7 Å². The average Bonchev–Trinajstić information content (AvgIpc) is 2.77. The third-order valence-electron chi connectivity index (χ3n) is 4.58. The first-order valence-corrected chi connectivity index (χ1v) is 10.9. The van der Waals surface area contributed by atoms with Crippen LogP contribution in [0.4, 0.5) is 0 Å². The van der Waals surface area contributed by atoms with Crippen molar-refractivity contribution in [1.29, 1.82) is 0 Å². The van der Waals surface area contributed by atoms with Crippen LogP contribution in [0.2, 0.25) is 0 Å². The maximum absolute atomic E-state index is 6.00. The summed E-state index contributed by atoms with van der Waals surface area (Å²) in [6.07, 6.45) is 4.78. The molecule has 0 radical (unpaired) electrons. The van der Waals surface area contributed by atoms with Gasteiger partial charge in [0.05, 0.1) is 25.5 Å². The first kappa shape index (κ1) is 25.3. The maximum atomic E-state index is 6.00. The highest BCUT2D eigenvalue weighted by molar-refractivity contribution is 5.82. The predicted molar refractivity (Wildman–Crippen MR) is 128 cm³/mol. The number of nitrogens with zero attached hydrogens (tertiary/aromatic N) is 1. The fraction of sp³-hybridized carbons (Fsp3) is 0.423. The molecule has 0 aromatic heterocycles. The largest absolute Gasteiger partial charge is 0.493 e. The van der Waals surface area contributed by atoms with Gasteiger partial charge in [0.2, 0.25) is 0 Å². The summed E-state index contributed by atoms with van der Waals surface area (Å²) in [7, 11) is 1.52. The smallest absolute Gasteiger partial charge is 0.129 e. The summed E-state index contributed by atoms with van der Waals surface area (Å²) < 4.78 is 23.1. The Kier molecular flexibility index (Phi) is 11.2. The van der Waals surface area contributed by atoms with E-state index in [0.29, 0.717) is 33.0 Å². The Morgan fingerprint density at radius 1 is 0.938 bits per heavy atom. The monoisotopic (exact) mass is 441 g/mol. The topological polar surface area (TPSA) is 58.5 Å². The minimum Gasteiger partial charge on any atom is -0.493 e. The molecule has 6 nitrogen and oxygen atoms in total. The maximum Gasteiger partial charge on any atom is 0.129 e. The molecule has 0 bridgehead atoms. The zero-order valence-electron chi connectivity index (χ0n) is 19.8. The van der Waals surface area contributed by atoms with Gasteiger partial charge in [-0.1, -0.05) is 29.4 Å². The Morgan fingerprint density at radius 3 is 2.31 bits per heavy atom. The standard InChI is InChI=1S/C26H35NO5/c1-6-7-14-30-25-16-20(2)26(21(3)17-25)31-15-8-13-29-19-23-9-11-24(12-10-23)32-18-22(4)27-28-5/h6-7,9-12,16-17H,8,13-15,18-19H2,1-5H3/b7-6+,27-22+. The number of oxime groups is 1. The lowest BCUT2D eigenvalue weighted by Crippen LogP contribution is -2.08. The van der Waals surface area contributed by atoms with E-state index in [1.54, 1.807) is 0 Å². The highest BCUT2D eigenvalue weighted by Crippen LogP contribution is 2.28. The minimum absolute atomic E-state index is 0.397. The summed E-state index contributed by atoms with van der Waals surface area (Å²) >= 11 is 0. The summed E-state index contributed by atoms with van der Waals surface area (Å²) in [5.41, 5.74) is 4.03. The molecule has 0 N–H and O–H groups in total. The van der Waals surface area contributed by atoms with Gasteiger partial charge >= 0.3 is 0 Å².